The molecule has 0 unspecified atom stereocenters. The maximum Gasteiger partial charge on any atom is 0.491 e. The van der Waals surface area contributed by atoms with Crippen LogP contribution in [0.15, 0.2) is 0 Å². The van der Waals surface area contributed by atoms with Crippen molar-refractivity contribution in [3.8, 4) is 0 Å². The van der Waals surface area contributed by atoms with Gasteiger partial charge in [-0.05, 0) is 13.3 Å². The average Bonchev–Trinajstić information content (AvgIpc) is 2.94. The van der Waals surface area contributed by atoms with Gasteiger partial charge in [0, 0.05) is 11.4 Å². The van der Waals surface area contributed by atoms with Gasteiger partial charge in [0.2, 0.25) is 0 Å². The summed E-state index contributed by atoms with van der Waals surface area (Å²) in [7, 11) is 0. The van der Waals surface area contributed by atoms with E-state index in [1.807, 2.05) is 0 Å². The van der Waals surface area contributed by atoms with E-state index >= 15 is 0 Å². The molecule has 21 heavy (non-hydrogen) atoms. The lowest BCUT2D eigenvalue weighted by Crippen LogP contribution is -2.28. The van der Waals surface area contributed by atoms with Gasteiger partial charge in [0.05, 0.1) is 6.54 Å². The summed E-state index contributed by atoms with van der Waals surface area (Å²) >= 11 is 1.03. The smallest absolute Gasteiger partial charge is 0.381 e. The van der Waals surface area contributed by atoms with Crippen LogP contribution in [0.5, 0.6) is 0 Å². The molecule has 116 valence electrons. The van der Waals surface area contributed by atoms with Gasteiger partial charge in [-0.25, -0.2) is 19.0 Å². The molecule has 1 aromatic heterocycles. The Morgan fingerprint density at radius 2 is 2.10 bits per heavy atom. The van der Waals surface area contributed by atoms with Gasteiger partial charge in [-0.1, -0.05) is 0 Å². The first-order valence-corrected chi connectivity index (χ1v) is 6.70. The minimum absolute atomic E-state index is 0.114. The van der Waals surface area contributed by atoms with Crippen molar-refractivity contribution in [2.75, 3.05) is 18.0 Å². The summed E-state index contributed by atoms with van der Waals surface area (Å²) in [6.07, 6.45) is -5.93. The molecule has 10 heteroatoms. The van der Waals surface area contributed by atoms with Crippen LogP contribution in [0, 0.1) is 6.92 Å². The fourth-order valence-electron chi connectivity index (χ4n) is 1.79. The van der Waals surface area contributed by atoms with Gasteiger partial charge in [-0.2, -0.15) is 13.2 Å². The van der Waals surface area contributed by atoms with Crippen molar-refractivity contribution in [1.29, 1.82) is 0 Å². The van der Waals surface area contributed by atoms with Crippen LogP contribution in [0.2, 0.25) is 0 Å². The topological polar surface area (TPSA) is 59.5 Å². The number of aryl methyl sites for hydroxylation is 1. The molecule has 5 nitrogen and oxygen atoms in total. The lowest BCUT2D eigenvalue weighted by molar-refractivity contribution is -0.193. The number of hydrogen-bond acceptors (Lipinski definition) is 6. The molecule has 1 fully saturated rings. The molecule has 1 aliphatic heterocycles. The van der Waals surface area contributed by atoms with Gasteiger partial charge < -0.3 is 9.64 Å². The lowest BCUT2D eigenvalue weighted by atomic mass is 10.3. The number of rotatable bonds is 2. The standard InChI is InChI=1S/C11H10F4N2O3S/c1-5-7(8(18)20-9(19)11(13,14)15)16-10(21-5)17-3-2-6(12)4-17/h6H,2-4H2,1H3/t6-/m1/s1. The maximum absolute atomic E-state index is 13.1. The zero-order valence-electron chi connectivity index (χ0n) is 10.7. The quantitative estimate of drug-likeness (QED) is 0.474. The third-order valence-corrected chi connectivity index (χ3v) is 3.83. The van der Waals surface area contributed by atoms with Crippen LogP contribution in [0.25, 0.3) is 0 Å². The Hall–Kier alpha value is -1.71. The largest absolute Gasteiger partial charge is 0.491 e. The Morgan fingerprint density at radius 1 is 1.43 bits per heavy atom. The van der Waals surface area contributed by atoms with Crippen LogP contribution < -0.4 is 4.90 Å². The SMILES string of the molecule is Cc1sc(N2CC[C@@H](F)C2)nc1C(=O)OC(=O)C(F)(F)F. The van der Waals surface area contributed by atoms with Gasteiger partial charge in [0.1, 0.15) is 6.17 Å². The van der Waals surface area contributed by atoms with Crippen LogP contribution >= 0.6 is 11.3 Å². The number of alkyl halides is 4. The third-order valence-electron chi connectivity index (χ3n) is 2.80. The lowest BCUT2D eigenvalue weighted by Gasteiger charge is -2.12. The molecule has 0 aromatic carbocycles. The molecule has 0 radical (unpaired) electrons. The highest BCUT2D eigenvalue weighted by Crippen LogP contribution is 2.30. The number of carbonyl (C=O) groups is 2. The van der Waals surface area contributed by atoms with Crippen molar-refractivity contribution in [2.45, 2.75) is 25.7 Å². The van der Waals surface area contributed by atoms with Gasteiger partial charge in [-0.15, -0.1) is 11.3 Å². The molecule has 2 heterocycles. The number of anilines is 1. The first kappa shape index (κ1) is 15.7. The summed E-state index contributed by atoms with van der Waals surface area (Å²) < 4.78 is 52.9. The van der Waals surface area contributed by atoms with Crippen molar-refractivity contribution in [2.24, 2.45) is 0 Å². The van der Waals surface area contributed by atoms with E-state index in [4.69, 9.17) is 0 Å². The minimum atomic E-state index is -5.25. The van der Waals surface area contributed by atoms with Crippen molar-refractivity contribution in [3.63, 3.8) is 0 Å². The number of thiazole rings is 1. The second kappa shape index (κ2) is 5.58. The molecular weight excluding hydrogens is 316 g/mol. The Morgan fingerprint density at radius 3 is 2.62 bits per heavy atom. The zero-order chi connectivity index (χ0) is 15.8. The van der Waals surface area contributed by atoms with Crippen molar-refractivity contribution < 1.29 is 31.9 Å². The minimum Gasteiger partial charge on any atom is -0.381 e. The molecule has 0 N–H and O–H groups in total. The second-order valence-corrected chi connectivity index (χ2v) is 5.59. The fourth-order valence-corrected chi connectivity index (χ4v) is 2.72. The van der Waals surface area contributed by atoms with Crippen molar-refractivity contribution in [1.82, 2.24) is 4.98 Å². The average molecular weight is 326 g/mol. The highest BCUT2D eigenvalue weighted by molar-refractivity contribution is 7.15. The summed E-state index contributed by atoms with van der Waals surface area (Å²) in [5.74, 6) is -4.06. The number of ether oxygens (including phenoxy) is 1. The van der Waals surface area contributed by atoms with E-state index in [1.165, 1.54) is 6.92 Å². The van der Waals surface area contributed by atoms with E-state index < -0.39 is 24.3 Å². The molecule has 1 aromatic rings. The zero-order valence-corrected chi connectivity index (χ0v) is 11.6. The first-order valence-electron chi connectivity index (χ1n) is 5.88. The number of esters is 2. The van der Waals surface area contributed by atoms with E-state index in [1.54, 1.807) is 4.90 Å². The molecule has 2 rings (SSSR count). The van der Waals surface area contributed by atoms with Crippen LogP contribution in [0.3, 0.4) is 0 Å². The predicted molar refractivity (Wildman–Crippen MR) is 65.1 cm³/mol. The highest BCUT2D eigenvalue weighted by atomic mass is 32.1. The Balaban J connectivity index is 2.12. The molecule has 0 bridgehead atoms. The predicted octanol–water partition coefficient (Wildman–Crippen LogP) is 2.25. The number of aromatic nitrogens is 1. The van der Waals surface area contributed by atoms with E-state index in [9.17, 15) is 27.2 Å². The number of carbonyl (C=O) groups excluding carboxylic acids is 2. The Labute approximate surface area is 120 Å². The maximum atomic E-state index is 13.1. The highest BCUT2D eigenvalue weighted by Gasteiger charge is 2.43. The first-order chi connectivity index (χ1) is 9.68. The Bertz CT molecular complexity index is 572. The molecule has 0 amide bonds. The van der Waals surface area contributed by atoms with E-state index in [2.05, 4.69) is 9.72 Å². The molecule has 1 atom stereocenters. The molecule has 0 aliphatic carbocycles. The van der Waals surface area contributed by atoms with Crippen molar-refractivity contribution >= 4 is 28.4 Å². The fraction of sp³-hybridized carbons (Fsp3) is 0.545. The van der Waals surface area contributed by atoms with Crippen LogP contribution in [0.4, 0.5) is 22.7 Å². The van der Waals surface area contributed by atoms with Gasteiger partial charge in [0.15, 0.2) is 10.8 Å². The van der Waals surface area contributed by atoms with Gasteiger partial charge >= 0.3 is 18.1 Å². The monoisotopic (exact) mass is 326 g/mol. The van der Waals surface area contributed by atoms with Crippen molar-refractivity contribution in [3.05, 3.63) is 10.6 Å². The summed E-state index contributed by atoms with van der Waals surface area (Å²) in [5, 5.41) is 0.319. The third kappa shape index (κ3) is 3.49. The molecule has 0 spiro atoms. The van der Waals surface area contributed by atoms with Gasteiger partial charge in [-0.3, -0.25) is 0 Å². The van der Waals surface area contributed by atoms with Crippen LogP contribution in [-0.4, -0.2) is 42.4 Å². The summed E-state index contributed by atoms with van der Waals surface area (Å²) in [6.45, 7) is 1.98. The summed E-state index contributed by atoms with van der Waals surface area (Å²) in [6, 6.07) is 0. The molecule has 1 saturated heterocycles. The van der Waals surface area contributed by atoms with Crippen LogP contribution in [0.1, 0.15) is 21.8 Å². The number of hydrogen-bond donors (Lipinski definition) is 0. The van der Waals surface area contributed by atoms with E-state index in [-0.39, 0.29) is 12.2 Å². The Kier molecular flexibility index (Phi) is 4.17. The molecule has 0 saturated carbocycles. The molecule has 1 aliphatic rings. The summed E-state index contributed by atoms with van der Waals surface area (Å²) in [4.78, 5) is 27.9. The van der Waals surface area contributed by atoms with Gasteiger partial charge in [0.25, 0.3) is 0 Å². The second-order valence-electron chi connectivity index (χ2n) is 4.41. The molecular formula is C11H10F4N2O3S. The van der Waals surface area contributed by atoms with Crippen LogP contribution in [-0.2, 0) is 9.53 Å². The number of halogens is 4. The van der Waals surface area contributed by atoms with E-state index in [0.717, 1.165) is 11.3 Å². The van der Waals surface area contributed by atoms with E-state index in [0.29, 0.717) is 23.0 Å². The summed E-state index contributed by atoms with van der Waals surface area (Å²) in [5.41, 5.74) is -0.366. The number of nitrogens with zero attached hydrogens (tertiary/aromatic N) is 2. The normalized spacial score (nSPS) is 18.9.